The number of rotatable bonds is 2. The summed E-state index contributed by atoms with van der Waals surface area (Å²) in [4.78, 5) is 18.0. The zero-order chi connectivity index (χ0) is 13.4. The zero-order valence-electron chi connectivity index (χ0n) is 10.3. The molecule has 1 aliphatic rings. The molecule has 0 radical (unpaired) electrons. The van der Waals surface area contributed by atoms with Crippen LogP contribution < -0.4 is 10.6 Å². The molecule has 1 unspecified atom stereocenters. The fourth-order valence-corrected chi connectivity index (χ4v) is 2.95. The van der Waals surface area contributed by atoms with Gasteiger partial charge in [0, 0.05) is 22.9 Å². The summed E-state index contributed by atoms with van der Waals surface area (Å²) in [5.74, 6) is 0.629. The average molecular weight is 320 g/mol. The van der Waals surface area contributed by atoms with Crippen LogP contribution in [0.2, 0.25) is 0 Å². The summed E-state index contributed by atoms with van der Waals surface area (Å²) in [5, 5.41) is 1.10. The zero-order valence-corrected chi connectivity index (χ0v) is 11.9. The van der Waals surface area contributed by atoms with E-state index < -0.39 is 0 Å². The van der Waals surface area contributed by atoms with Crippen LogP contribution in [0.25, 0.3) is 10.9 Å². The molecule has 1 saturated heterocycles. The van der Waals surface area contributed by atoms with Crippen molar-refractivity contribution in [2.24, 2.45) is 11.7 Å². The normalized spacial score (nSPS) is 19.0. The number of hydrogen-bond donors (Lipinski definition) is 1. The van der Waals surface area contributed by atoms with Gasteiger partial charge in [0.2, 0.25) is 5.91 Å². The van der Waals surface area contributed by atoms with Crippen LogP contribution in [0.1, 0.15) is 6.42 Å². The molecule has 1 aromatic carbocycles. The van der Waals surface area contributed by atoms with Crippen LogP contribution in [0.5, 0.6) is 0 Å². The van der Waals surface area contributed by atoms with Crippen LogP contribution in [-0.2, 0) is 4.79 Å². The topological polar surface area (TPSA) is 59.2 Å². The Labute approximate surface area is 119 Å². The van der Waals surface area contributed by atoms with Gasteiger partial charge in [0.1, 0.15) is 5.82 Å². The molecule has 2 N–H and O–H groups in total. The molecule has 5 heteroatoms. The number of carbonyl (C=O) groups excluding carboxylic acids is 1. The van der Waals surface area contributed by atoms with Crippen LogP contribution >= 0.6 is 15.9 Å². The molecule has 1 atom stereocenters. The number of primary amides is 1. The average Bonchev–Trinajstić information content (AvgIpc) is 2.89. The Morgan fingerprint density at radius 2 is 2.21 bits per heavy atom. The molecule has 3 rings (SSSR count). The highest BCUT2D eigenvalue weighted by molar-refractivity contribution is 9.10. The van der Waals surface area contributed by atoms with E-state index in [1.54, 1.807) is 0 Å². The number of anilines is 1. The van der Waals surface area contributed by atoms with Crippen molar-refractivity contribution in [2.45, 2.75) is 6.42 Å². The number of carbonyl (C=O) groups is 1. The fraction of sp³-hybridized carbons (Fsp3) is 0.286. The number of benzene rings is 1. The second-order valence-electron chi connectivity index (χ2n) is 4.81. The third-order valence-corrected chi connectivity index (χ3v) is 4.21. The van der Waals surface area contributed by atoms with Crippen molar-refractivity contribution in [2.75, 3.05) is 18.0 Å². The Morgan fingerprint density at radius 1 is 1.37 bits per heavy atom. The van der Waals surface area contributed by atoms with E-state index in [-0.39, 0.29) is 11.8 Å². The van der Waals surface area contributed by atoms with Gasteiger partial charge in [0.25, 0.3) is 0 Å². The molecule has 0 saturated carbocycles. The molecule has 2 heterocycles. The van der Waals surface area contributed by atoms with Gasteiger partial charge in [-0.3, -0.25) is 4.79 Å². The van der Waals surface area contributed by atoms with E-state index in [1.807, 2.05) is 24.3 Å². The highest BCUT2D eigenvalue weighted by Gasteiger charge is 2.27. The van der Waals surface area contributed by atoms with Crippen LogP contribution in [0.15, 0.2) is 34.8 Å². The number of nitrogens with two attached hydrogens (primary N) is 1. The van der Waals surface area contributed by atoms with E-state index in [2.05, 4.69) is 31.9 Å². The van der Waals surface area contributed by atoms with Crippen molar-refractivity contribution >= 4 is 38.6 Å². The standard InChI is InChI=1S/C14H14BrN3O/c15-11-3-1-2-9-4-5-12(17-13(9)11)18-7-6-10(8-18)14(16)19/h1-5,10H,6-8H2,(H2,16,19). The Morgan fingerprint density at radius 3 is 2.95 bits per heavy atom. The second-order valence-corrected chi connectivity index (χ2v) is 5.67. The number of fused-ring (bicyclic) bond motifs is 1. The maximum absolute atomic E-state index is 11.2. The van der Waals surface area contributed by atoms with Crippen molar-refractivity contribution in [3.8, 4) is 0 Å². The molecule has 2 aromatic rings. The van der Waals surface area contributed by atoms with Crippen LogP contribution in [0, 0.1) is 5.92 Å². The molecular weight excluding hydrogens is 306 g/mol. The van der Waals surface area contributed by atoms with Gasteiger partial charge in [0.05, 0.1) is 11.4 Å². The van der Waals surface area contributed by atoms with Gasteiger partial charge < -0.3 is 10.6 Å². The summed E-state index contributed by atoms with van der Waals surface area (Å²) in [7, 11) is 0. The first-order valence-electron chi connectivity index (χ1n) is 6.24. The van der Waals surface area contributed by atoms with Gasteiger partial charge in [-0.05, 0) is 40.5 Å². The van der Waals surface area contributed by atoms with Crippen molar-refractivity contribution in [3.05, 3.63) is 34.8 Å². The Balaban J connectivity index is 1.94. The first-order valence-corrected chi connectivity index (χ1v) is 7.04. The number of para-hydroxylation sites is 1. The lowest BCUT2D eigenvalue weighted by Gasteiger charge is -2.17. The van der Waals surface area contributed by atoms with Gasteiger partial charge in [-0.25, -0.2) is 4.98 Å². The number of aromatic nitrogens is 1. The Hall–Kier alpha value is -1.62. The fourth-order valence-electron chi connectivity index (χ4n) is 2.48. The molecule has 1 aromatic heterocycles. The number of amides is 1. The minimum Gasteiger partial charge on any atom is -0.369 e. The minimum atomic E-state index is -0.218. The van der Waals surface area contributed by atoms with E-state index in [0.717, 1.165) is 34.2 Å². The lowest BCUT2D eigenvalue weighted by Crippen LogP contribution is -2.27. The predicted octanol–water partition coefficient (Wildman–Crippen LogP) is 2.31. The lowest BCUT2D eigenvalue weighted by molar-refractivity contribution is -0.121. The number of halogens is 1. The number of pyridine rings is 1. The van der Waals surface area contributed by atoms with Crippen LogP contribution in [0.4, 0.5) is 5.82 Å². The highest BCUT2D eigenvalue weighted by atomic mass is 79.9. The quantitative estimate of drug-likeness (QED) is 0.924. The van der Waals surface area contributed by atoms with Gasteiger partial charge in [-0.1, -0.05) is 12.1 Å². The van der Waals surface area contributed by atoms with E-state index in [9.17, 15) is 4.79 Å². The Bertz CT molecular complexity index is 644. The van der Waals surface area contributed by atoms with Gasteiger partial charge >= 0.3 is 0 Å². The molecule has 19 heavy (non-hydrogen) atoms. The maximum Gasteiger partial charge on any atom is 0.222 e. The summed E-state index contributed by atoms with van der Waals surface area (Å²) in [5.41, 5.74) is 6.31. The molecular formula is C14H14BrN3O. The van der Waals surface area contributed by atoms with E-state index in [4.69, 9.17) is 5.73 Å². The number of nitrogens with zero attached hydrogens (tertiary/aromatic N) is 2. The SMILES string of the molecule is NC(=O)C1CCN(c2ccc3cccc(Br)c3n2)C1. The second kappa shape index (κ2) is 4.81. The molecule has 1 aliphatic heterocycles. The largest absolute Gasteiger partial charge is 0.369 e. The first-order chi connectivity index (χ1) is 9.15. The van der Waals surface area contributed by atoms with Crippen molar-refractivity contribution in [1.29, 1.82) is 0 Å². The third kappa shape index (κ3) is 2.30. The molecule has 0 aliphatic carbocycles. The predicted molar refractivity (Wildman–Crippen MR) is 79.0 cm³/mol. The van der Waals surface area contributed by atoms with E-state index >= 15 is 0 Å². The van der Waals surface area contributed by atoms with Crippen molar-refractivity contribution < 1.29 is 4.79 Å². The summed E-state index contributed by atoms with van der Waals surface area (Å²) in [6, 6.07) is 10.1. The molecule has 4 nitrogen and oxygen atoms in total. The summed E-state index contributed by atoms with van der Waals surface area (Å²) < 4.78 is 0.984. The summed E-state index contributed by atoms with van der Waals surface area (Å²) in [6.07, 6.45) is 0.811. The maximum atomic E-state index is 11.2. The smallest absolute Gasteiger partial charge is 0.222 e. The lowest BCUT2D eigenvalue weighted by atomic mass is 10.1. The summed E-state index contributed by atoms with van der Waals surface area (Å²) in [6.45, 7) is 1.49. The monoisotopic (exact) mass is 319 g/mol. The minimum absolute atomic E-state index is 0.0586. The van der Waals surface area contributed by atoms with E-state index in [1.165, 1.54) is 0 Å². The molecule has 98 valence electrons. The Kier molecular flexibility index (Phi) is 3.14. The highest BCUT2D eigenvalue weighted by Crippen LogP contribution is 2.27. The molecule has 1 fully saturated rings. The van der Waals surface area contributed by atoms with Crippen molar-refractivity contribution in [1.82, 2.24) is 4.98 Å². The van der Waals surface area contributed by atoms with Crippen LogP contribution in [0.3, 0.4) is 0 Å². The van der Waals surface area contributed by atoms with Gasteiger partial charge in [-0.15, -0.1) is 0 Å². The third-order valence-electron chi connectivity index (χ3n) is 3.57. The summed E-state index contributed by atoms with van der Waals surface area (Å²) >= 11 is 3.52. The molecule has 0 spiro atoms. The van der Waals surface area contributed by atoms with Crippen LogP contribution in [-0.4, -0.2) is 24.0 Å². The van der Waals surface area contributed by atoms with Gasteiger partial charge in [-0.2, -0.15) is 0 Å². The first kappa shape index (κ1) is 12.4. The van der Waals surface area contributed by atoms with Crippen molar-refractivity contribution in [3.63, 3.8) is 0 Å². The number of hydrogen-bond acceptors (Lipinski definition) is 3. The molecule has 1 amide bonds. The van der Waals surface area contributed by atoms with E-state index in [0.29, 0.717) is 6.54 Å². The van der Waals surface area contributed by atoms with Gasteiger partial charge in [0.15, 0.2) is 0 Å². The molecule has 0 bridgehead atoms.